The van der Waals surface area contributed by atoms with Crippen molar-refractivity contribution in [1.29, 1.82) is 0 Å². The summed E-state index contributed by atoms with van der Waals surface area (Å²) in [5.74, 6) is 0.579. The van der Waals surface area contributed by atoms with Gasteiger partial charge in [-0.15, -0.1) is 0 Å². The number of hydrogen-bond acceptors (Lipinski definition) is 7. The number of carbonyl (C=O) groups excluding carboxylic acids is 1. The highest BCUT2D eigenvalue weighted by molar-refractivity contribution is 6.08. The number of ether oxygens (including phenoxy) is 2. The maximum atomic E-state index is 12.2. The first-order valence-electron chi connectivity index (χ1n) is 11.6. The monoisotopic (exact) mass is 464 g/mol. The third kappa shape index (κ3) is 5.08. The first kappa shape index (κ1) is 23.8. The average molecular weight is 465 g/mol. The van der Waals surface area contributed by atoms with Crippen molar-refractivity contribution in [2.24, 2.45) is 5.73 Å². The van der Waals surface area contributed by atoms with Crippen LogP contribution in [0.15, 0.2) is 36.5 Å². The molecule has 4 rings (SSSR count). The van der Waals surface area contributed by atoms with Gasteiger partial charge < -0.3 is 30.5 Å². The maximum absolute atomic E-state index is 12.2. The summed E-state index contributed by atoms with van der Waals surface area (Å²) in [5.41, 5.74) is 9.57. The van der Waals surface area contributed by atoms with Gasteiger partial charge >= 0.3 is 0 Å². The third-order valence-corrected chi connectivity index (χ3v) is 6.37. The number of nitrogens with zero attached hydrogens (tertiary/aromatic N) is 2. The van der Waals surface area contributed by atoms with Gasteiger partial charge in [0.05, 0.1) is 37.1 Å². The number of aromatic nitrogens is 1. The fourth-order valence-corrected chi connectivity index (χ4v) is 4.40. The molecule has 0 radical (unpaired) electrons. The molecule has 0 atom stereocenters. The van der Waals surface area contributed by atoms with E-state index >= 15 is 0 Å². The number of rotatable bonds is 10. The van der Waals surface area contributed by atoms with Crippen LogP contribution < -0.4 is 20.5 Å². The van der Waals surface area contributed by atoms with Crippen LogP contribution in [0.3, 0.4) is 0 Å². The second kappa shape index (κ2) is 10.7. The van der Waals surface area contributed by atoms with E-state index in [1.807, 2.05) is 37.3 Å². The lowest BCUT2D eigenvalue weighted by molar-refractivity contribution is 0.100. The van der Waals surface area contributed by atoms with E-state index in [2.05, 4.69) is 15.2 Å². The Bertz CT molecular complexity index is 1180. The van der Waals surface area contributed by atoms with Crippen molar-refractivity contribution >= 4 is 28.2 Å². The van der Waals surface area contributed by atoms with Crippen LogP contribution in [0.4, 0.5) is 11.4 Å². The van der Waals surface area contributed by atoms with E-state index in [1.165, 1.54) is 32.1 Å². The number of benzene rings is 2. The number of nitrogens with one attached hydrogen (secondary N) is 1. The van der Waals surface area contributed by atoms with Crippen molar-refractivity contribution in [3.8, 4) is 11.5 Å². The standard InChI is InChI=1S/C26H32N4O4/c1-17-18(16-31)7-5-8-21(17)29-25-19-13-23(33-2)24(14-22(19)28-15-20(25)26(27)32)34-12-6-11-30-9-3-4-10-30/h5,7-8,13-15,31H,3-4,6,9-12,16H2,1-2H3,(H2,27,32)(H,28,29). The van der Waals surface area contributed by atoms with Gasteiger partial charge in [0.15, 0.2) is 11.5 Å². The molecule has 8 nitrogen and oxygen atoms in total. The van der Waals surface area contributed by atoms with E-state index < -0.39 is 5.91 Å². The lowest BCUT2D eigenvalue weighted by atomic mass is 10.0. The van der Waals surface area contributed by atoms with Crippen LogP contribution in [0, 0.1) is 6.92 Å². The van der Waals surface area contributed by atoms with Crippen molar-refractivity contribution in [1.82, 2.24) is 9.88 Å². The zero-order valence-corrected chi connectivity index (χ0v) is 19.8. The van der Waals surface area contributed by atoms with Crippen LogP contribution in [-0.2, 0) is 6.61 Å². The molecule has 0 saturated carbocycles. The number of pyridine rings is 1. The molecule has 1 aliphatic rings. The summed E-state index contributed by atoms with van der Waals surface area (Å²) in [6.07, 6.45) is 4.96. The first-order chi connectivity index (χ1) is 16.5. The number of aliphatic hydroxyl groups excluding tert-OH is 1. The quantitative estimate of drug-likeness (QED) is 0.392. The molecule has 0 spiro atoms. The fraction of sp³-hybridized carbons (Fsp3) is 0.385. The summed E-state index contributed by atoms with van der Waals surface area (Å²) in [6.45, 7) is 5.78. The Hall–Kier alpha value is -3.36. The summed E-state index contributed by atoms with van der Waals surface area (Å²) < 4.78 is 11.7. The Morgan fingerprint density at radius 2 is 2.03 bits per heavy atom. The molecule has 3 aromatic rings. The molecule has 1 aromatic heterocycles. The molecule has 2 aromatic carbocycles. The van der Waals surface area contributed by atoms with Gasteiger partial charge in [-0.2, -0.15) is 0 Å². The Labute approximate surface area is 199 Å². The van der Waals surface area contributed by atoms with Crippen LogP contribution in [-0.4, -0.2) is 54.2 Å². The summed E-state index contributed by atoms with van der Waals surface area (Å²) >= 11 is 0. The number of aliphatic hydroxyl groups is 1. The van der Waals surface area contributed by atoms with Gasteiger partial charge in [0.1, 0.15) is 0 Å². The molecule has 1 saturated heterocycles. The summed E-state index contributed by atoms with van der Waals surface area (Å²) in [7, 11) is 1.59. The molecule has 0 bridgehead atoms. The van der Waals surface area contributed by atoms with E-state index in [0.29, 0.717) is 34.7 Å². The minimum absolute atomic E-state index is 0.0760. The molecule has 2 heterocycles. The highest BCUT2D eigenvalue weighted by atomic mass is 16.5. The van der Waals surface area contributed by atoms with E-state index in [0.717, 1.165) is 29.8 Å². The number of primary amides is 1. The number of carbonyl (C=O) groups is 1. The van der Waals surface area contributed by atoms with Crippen LogP contribution >= 0.6 is 0 Å². The van der Waals surface area contributed by atoms with E-state index in [1.54, 1.807) is 7.11 Å². The number of anilines is 2. The van der Waals surface area contributed by atoms with Gasteiger partial charge in [-0.05, 0) is 62.5 Å². The zero-order chi connectivity index (χ0) is 24.1. The molecule has 4 N–H and O–H groups in total. The smallest absolute Gasteiger partial charge is 0.252 e. The maximum Gasteiger partial charge on any atom is 0.252 e. The van der Waals surface area contributed by atoms with E-state index in [9.17, 15) is 9.90 Å². The summed E-state index contributed by atoms with van der Waals surface area (Å²) in [5, 5.41) is 13.7. The van der Waals surface area contributed by atoms with Crippen molar-refractivity contribution in [3.63, 3.8) is 0 Å². The van der Waals surface area contributed by atoms with Gasteiger partial charge in [-0.1, -0.05) is 12.1 Å². The van der Waals surface area contributed by atoms with Gasteiger partial charge in [0.25, 0.3) is 5.91 Å². The number of hydrogen-bond donors (Lipinski definition) is 3. The fourth-order valence-electron chi connectivity index (χ4n) is 4.40. The molecule has 1 fully saturated rings. The van der Waals surface area contributed by atoms with Gasteiger partial charge in [0, 0.05) is 29.9 Å². The Balaban J connectivity index is 1.65. The molecule has 1 aliphatic heterocycles. The van der Waals surface area contributed by atoms with Gasteiger partial charge in [0.2, 0.25) is 0 Å². The van der Waals surface area contributed by atoms with Crippen molar-refractivity contribution in [2.75, 3.05) is 38.7 Å². The predicted octanol–water partition coefficient (Wildman–Crippen LogP) is 3.75. The van der Waals surface area contributed by atoms with Crippen LogP contribution in [0.1, 0.15) is 40.7 Å². The third-order valence-electron chi connectivity index (χ3n) is 6.37. The average Bonchev–Trinajstić information content (AvgIpc) is 3.36. The molecule has 0 unspecified atom stereocenters. The highest BCUT2D eigenvalue weighted by Crippen LogP contribution is 2.38. The molecule has 180 valence electrons. The molecular formula is C26H32N4O4. The molecule has 8 heteroatoms. The Morgan fingerprint density at radius 1 is 1.24 bits per heavy atom. The first-order valence-corrected chi connectivity index (χ1v) is 11.6. The van der Waals surface area contributed by atoms with Crippen LogP contribution in [0.2, 0.25) is 0 Å². The minimum atomic E-state index is -0.589. The van der Waals surface area contributed by atoms with E-state index in [-0.39, 0.29) is 12.2 Å². The van der Waals surface area contributed by atoms with Crippen molar-refractivity contribution in [3.05, 3.63) is 53.2 Å². The topological polar surface area (TPSA) is 110 Å². The summed E-state index contributed by atoms with van der Waals surface area (Å²) in [4.78, 5) is 19.1. The Morgan fingerprint density at radius 3 is 2.74 bits per heavy atom. The predicted molar refractivity (Wildman–Crippen MR) is 133 cm³/mol. The molecule has 0 aliphatic carbocycles. The lowest BCUT2D eigenvalue weighted by Crippen LogP contribution is -2.21. The second-order valence-electron chi connectivity index (χ2n) is 8.55. The largest absolute Gasteiger partial charge is 0.493 e. The lowest BCUT2D eigenvalue weighted by Gasteiger charge is -2.18. The Kier molecular flexibility index (Phi) is 7.49. The SMILES string of the molecule is COc1cc2c(Nc3cccc(CO)c3C)c(C(N)=O)cnc2cc1OCCCN1CCCC1. The van der Waals surface area contributed by atoms with Crippen LogP contribution in [0.5, 0.6) is 11.5 Å². The number of fused-ring (bicyclic) bond motifs is 1. The zero-order valence-electron chi connectivity index (χ0n) is 19.8. The normalized spacial score (nSPS) is 13.9. The molecule has 34 heavy (non-hydrogen) atoms. The van der Waals surface area contributed by atoms with Gasteiger partial charge in [-0.25, -0.2) is 0 Å². The minimum Gasteiger partial charge on any atom is -0.493 e. The number of amides is 1. The number of likely N-dealkylation sites (tertiary alicyclic amines) is 1. The van der Waals surface area contributed by atoms with Gasteiger partial charge in [-0.3, -0.25) is 9.78 Å². The number of nitrogens with two attached hydrogens (primary N) is 1. The number of methoxy groups -OCH3 is 1. The van der Waals surface area contributed by atoms with Crippen molar-refractivity contribution < 1.29 is 19.4 Å². The second-order valence-corrected chi connectivity index (χ2v) is 8.55. The van der Waals surface area contributed by atoms with Crippen LogP contribution in [0.25, 0.3) is 10.9 Å². The summed E-state index contributed by atoms with van der Waals surface area (Å²) in [6, 6.07) is 9.25. The van der Waals surface area contributed by atoms with Crippen molar-refractivity contribution in [2.45, 2.75) is 32.8 Å². The van der Waals surface area contributed by atoms with E-state index in [4.69, 9.17) is 15.2 Å². The highest BCUT2D eigenvalue weighted by Gasteiger charge is 2.18. The molecule has 1 amide bonds. The molecular weight excluding hydrogens is 432 g/mol.